The predicted molar refractivity (Wildman–Crippen MR) is 84.6 cm³/mol. The molecule has 1 aliphatic heterocycles. The molecular formula is C16H25N3O2. The van der Waals surface area contributed by atoms with Crippen molar-refractivity contribution in [2.75, 3.05) is 51.3 Å². The normalized spacial score (nSPS) is 15.9. The number of hydrogen-bond donors (Lipinski definition) is 2. The molecule has 1 amide bonds. The van der Waals surface area contributed by atoms with Crippen LogP contribution in [0.5, 0.6) is 0 Å². The van der Waals surface area contributed by atoms with E-state index in [1.165, 1.54) is 5.56 Å². The van der Waals surface area contributed by atoms with Crippen LogP contribution in [-0.4, -0.2) is 56.7 Å². The Bertz CT molecular complexity index is 428. The van der Waals surface area contributed by atoms with E-state index in [0.29, 0.717) is 13.0 Å². The molecule has 0 saturated carbocycles. The van der Waals surface area contributed by atoms with Crippen molar-refractivity contribution in [3.05, 3.63) is 29.8 Å². The van der Waals surface area contributed by atoms with E-state index in [0.717, 1.165) is 45.1 Å². The quantitative estimate of drug-likeness (QED) is 0.742. The fourth-order valence-electron chi connectivity index (χ4n) is 2.25. The fourth-order valence-corrected chi connectivity index (χ4v) is 2.25. The number of anilines is 1. The highest BCUT2D eigenvalue weighted by molar-refractivity contribution is 5.90. The number of ether oxygens (including phenoxy) is 1. The van der Waals surface area contributed by atoms with E-state index in [1.54, 1.807) is 0 Å². The number of carbonyl (C=O) groups is 1. The van der Waals surface area contributed by atoms with Crippen molar-refractivity contribution in [2.45, 2.75) is 13.3 Å². The summed E-state index contributed by atoms with van der Waals surface area (Å²) in [5, 5.41) is 6.22. The van der Waals surface area contributed by atoms with Crippen LogP contribution in [0.15, 0.2) is 24.3 Å². The van der Waals surface area contributed by atoms with Gasteiger partial charge in [0.1, 0.15) is 0 Å². The zero-order chi connectivity index (χ0) is 14.9. The number of benzene rings is 1. The molecule has 2 N–H and O–H groups in total. The van der Waals surface area contributed by atoms with Crippen molar-refractivity contribution in [1.82, 2.24) is 10.2 Å². The van der Waals surface area contributed by atoms with Crippen LogP contribution in [0.3, 0.4) is 0 Å². The Morgan fingerprint density at radius 3 is 2.62 bits per heavy atom. The van der Waals surface area contributed by atoms with E-state index in [2.05, 4.69) is 15.5 Å². The van der Waals surface area contributed by atoms with Crippen LogP contribution in [0, 0.1) is 6.92 Å². The van der Waals surface area contributed by atoms with Gasteiger partial charge in [0, 0.05) is 44.8 Å². The van der Waals surface area contributed by atoms with Gasteiger partial charge in [-0.25, -0.2) is 0 Å². The van der Waals surface area contributed by atoms with Crippen LogP contribution in [0.4, 0.5) is 5.69 Å². The lowest BCUT2D eigenvalue weighted by Crippen LogP contribution is -2.40. The third-order valence-electron chi connectivity index (χ3n) is 3.57. The number of nitrogens with one attached hydrogen (secondary N) is 2. The maximum absolute atomic E-state index is 11.8. The number of rotatable bonds is 7. The van der Waals surface area contributed by atoms with E-state index < -0.39 is 0 Å². The lowest BCUT2D eigenvalue weighted by Gasteiger charge is -2.26. The molecule has 1 saturated heterocycles. The van der Waals surface area contributed by atoms with Gasteiger partial charge in [-0.2, -0.15) is 0 Å². The van der Waals surface area contributed by atoms with Gasteiger partial charge < -0.3 is 15.4 Å². The van der Waals surface area contributed by atoms with Gasteiger partial charge in [0.25, 0.3) is 0 Å². The number of amides is 1. The summed E-state index contributed by atoms with van der Waals surface area (Å²) in [4.78, 5) is 14.2. The maximum atomic E-state index is 11.8. The fraction of sp³-hybridized carbons (Fsp3) is 0.562. The molecule has 0 atom stereocenters. The number of morpholine rings is 1. The molecule has 1 heterocycles. The molecule has 21 heavy (non-hydrogen) atoms. The molecule has 1 aromatic carbocycles. The highest BCUT2D eigenvalue weighted by Gasteiger charge is 2.09. The number of aryl methyl sites for hydroxylation is 1. The minimum atomic E-state index is 0.0534. The molecule has 0 spiro atoms. The second-order valence-electron chi connectivity index (χ2n) is 5.37. The van der Waals surface area contributed by atoms with Crippen LogP contribution in [0.25, 0.3) is 0 Å². The summed E-state index contributed by atoms with van der Waals surface area (Å²) < 4.78 is 5.31. The van der Waals surface area contributed by atoms with Gasteiger partial charge in [0.2, 0.25) is 5.91 Å². The van der Waals surface area contributed by atoms with E-state index in [-0.39, 0.29) is 5.91 Å². The number of nitrogens with zero attached hydrogens (tertiary/aromatic N) is 1. The zero-order valence-corrected chi connectivity index (χ0v) is 12.7. The van der Waals surface area contributed by atoms with Crippen LogP contribution in [0.2, 0.25) is 0 Å². The van der Waals surface area contributed by atoms with Crippen molar-refractivity contribution in [3.8, 4) is 0 Å². The molecular weight excluding hydrogens is 266 g/mol. The standard InChI is InChI=1S/C16H25N3O2/c1-14-2-4-15(5-3-14)18-16(20)6-7-17-8-9-19-10-12-21-13-11-19/h2-5,17H,6-13H2,1H3,(H,18,20). The van der Waals surface area contributed by atoms with Gasteiger partial charge in [-0.1, -0.05) is 17.7 Å². The largest absolute Gasteiger partial charge is 0.379 e. The minimum Gasteiger partial charge on any atom is -0.379 e. The molecule has 0 aromatic heterocycles. The van der Waals surface area contributed by atoms with Crippen molar-refractivity contribution < 1.29 is 9.53 Å². The topological polar surface area (TPSA) is 53.6 Å². The first-order valence-electron chi connectivity index (χ1n) is 7.61. The smallest absolute Gasteiger partial charge is 0.225 e. The molecule has 0 radical (unpaired) electrons. The Hall–Kier alpha value is -1.43. The Morgan fingerprint density at radius 2 is 1.90 bits per heavy atom. The summed E-state index contributed by atoms with van der Waals surface area (Å²) in [7, 11) is 0. The maximum Gasteiger partial charge on any atom is 0.225 e. The Kier molecular flexibility index (Phi) is 6.66. The summed E-state index contributed by atoms with van der Waals surface area (Å²) >= 11 is 0. The number of carbonyl (C=O) groups excluding carboxylic acids is 1. The third kappa shape index (κ3) is 6.25. The van der Waals surface area contributed by atoms with Crippen molar-refractivity contribution in [1.29, 1.82) is 0 Å². The van der Waals surface area contributed by atoms with Crippen LogP contribution in [-0.2, 0) is 9.53 Å². The lowest BCUT2D eigenvalue weighted by atomic mass is 10.2. The van der Waals surface area contributed by atoms with Crippen LogP contribution < -0.4 is 10.6 Å². The van der Waals surface area contributed by atoms with E-state index in [1.807, 2.05) is 31.2 Å². The first-order valence-corrected chi connectivity index (χ1v) is 7.61. The lowest BCUT2D eigenvalue weighted by molar-refractivity contribution is -0.116. The molecule has 1 fully saturated rings. The third-order valence-corrected chi connectivity index (χ3v) is 3.57. The number of hydrogen-bond acceptors (Lipinski definition) is 4. The zero-order valence-electron chi connectivity index (χ0n) is 12.7. The summed E-state index contributed by atoms with van der Waals surface area (Å²) in [5.41, 5.74) is 2.05. The summed E-state index contributed by atoms with van der Waals surface area (Å²) in [6.45, 7) is 8.36. The minimum absolute atomic E-state index is 0.0534. The first kappa shape index (κ1) is 15.9. The molecule has 2 rings (SSSR count). The molecule has 5 nitrogen and oxygen atoms in total. The summed E-state index contributed by atoms with van der Waals surface area (Å²) in [6, 6.07) is 7.85. The SMILES string of the molecule is Cc1ccc(NC(=O)CCNCCN2CCOCC2)cc1. The Labute approximate surface area is 126 Å². The second-order valence-corrected chi connectivity index (χ2v) is 5.37. The van der Waals surface area contributed by atoms with Crippen molar-refractivity contribution in [3.63, 3.8) is 0 Å². The van der Waals surface area contributed by atoms with Gasteiger partial charge >= 0.3 is 0 Å². The molecule has 1 aromatic rings. The van der Waals surface area contributed by atoms with Crippen LogP contribution in [0.1, 0.15) is 12.0 Å². The molecule has 5 heteroatoms. The van der Waals surface area contributed by atoms with Gasteiger partial charge in [0.15, 0.2) is 0 Å². The van der Waals surface area contributed by atoms with Crippen molar-refractivity contribution in [2.24, 2.45) is 0 Å². The van der Waals surface area contributed by atoms with Crippen molar-refractivity contribution >= 4 is 11.6 Å². The summed E-state index contributed by atoms with van der Waals surface area (Å²) in [5.74, 6) is 0.0534. The predicted octanol–water partition coefficient (Wildman–Crippen LogP) is 1.25. The second kappa shape index (κ2) is 8.77. The molecule has 0 aliphatic carbocycles. The van der Waals surface area contributed by atoms with Gasteiger partial charge in [-0.15, -0.1) is 0 Å². The average Bonchev–Trinajstić information content (AvgIpc) is 2.50. The Morgan fingerprint density at radius 1 is 1.19 bits per heavy atom. The van der Waals surface area contributed by atoms with E-state index >= 15 is 0 Å². The van der Waals surface area contributed by atoms with Crippen LogP contribution >= 0.6 is 0 Å². The highest BCUT2D eigenvalue weighted by Crippen LogP contribution is 2.08. The van der Waals surface area contributed by atoms with E-state index in [9.17, 15) is 4.79 Å². The molecule has 1 aliphatic rings. The Balaban J connectivity index is 1.53. The molecule has 0 bridgehead atoms. The summed E-state index contributed by atoms with van der Waals surface area (Å²) in [6.07, 6.45) is 0.497. The highest BCUT2D eigenvalue weighted by atomic mass is 16.5. The first-order chi connectivity index (χ1) is 10.2. The van der Waals surface area contributed by atoms with Gasteiger partial charge in [0.05, 0.1) is 13.2 Å². The van der Waals surface area contributed by atoms with E-state index in [4.69, 9.17) is 4.74 Å². The van der Waals surface area contributed by atoms with Gasteiger partial charge in [-0.05, 0) is 19.1 Å². The molecule has 116 valence electrons. The average molecular weight is 291 g/mol. The molecule has 0 unspecified atom stereocenters. The monoisotopic (exact) mass is 291 g/mol. The van der Waals surface area contributed by atoms with Gasteiger partial charge in [-0.3, -0.25) is 9.69 Å².